The molecule has 6 heteroatoms. The van der Waals surface area contributed by atoms with Crippen LogP contribution in [0.3, 0.4) is 0 Å². The Balaban J connectivity index is 0.000000152. The number of amides is 1. The van der Waals surface area contributed by atoms with Crippen LogP contribution in [-0.2, 0) is 17.8 Å². The molecular weight excluding hydrogens is 424 g/mol. The van der Waals surface area contributed by atoms with Gasteiger partial charge in [0.15, 0.2) is 0 Å². The number of para-hydroxylation sites is 1. The monoisotopic (exact) mass is 454 g/mol. The van der Waals surface area contributed by atoms with Gasteiger partial charge in [0.25, 0.3) is 0 Å². The van der Waals surface area contributed by atoms with Gasteiger partial charge in [-0.25, -0.2) is 0 Å². The average molecular weight is 455 g/mol. The summed E-state index contributed by atoms with van der Waals surface area (Å²) in [6, 6.07) is 22.4. The van der Waals surface area contributed by atoms with Gasteiger partial charge in [0.05, 0.1) is 18.3 Å². The van der Waals surface area contributed by atoms with Gasteiger partial charge >= 0.3 is 0 Å². The van der Waals surface area contributed by atoms with E-state index in [-0.39, 0.29) is 11.8 Å². The van der Waals surface area contributed by atoms with E-state index in [1.54, 1.807) is 7.11 Å². The largest absolute Gasteiger partial charge is 0.497 e. The fraction of sp³-hybridized carbons (Fsp3) is 0.286. The Kier molecular flexibility index (Phi) is 6.32. The van der Waals surface area contributed by atoms with E-state index in [1.165, 1.54) is 22.1 Å². The number of carbonyl (C=O) groups is 1. The summed E-state index contributed by atoms with van der Waals surface area (Å²) in [5.41, 5.74) is 7.10. The van der Waals surface area contributed by atoms with Crippen LogP contribution in [0.1, 0.15) is 24.0 Å². The highest BCUT2D eigenvalue weighted by atomic mass is 16.5. The van der Waals surface area contributed by atoms with Crippen LogP contribution >= 0.6 is 0 Å². The van der Waals surface area contributed by atoms with E-state index in [9.17, 15) is 4.79 Å². The fourth-order valence-electron chi connectivity index (χ4n) is 4.29. The Hall–Kier alpha value is -3.64. The van der Waals surface area contributed by atoms with Gasteiger partial charge < -0.3 is 15.0 Å². The molecule has 2 N–H and O–H groups in total. The molecule has 174 valence electrons. The van der Waals surface area contributed by atoms with Gasteiger partial charge in [0.1, 0.15) is 5.75 Å². The number of rotatable bonds is 4. The van der Waals surface area contributed by atoms with Crippen molar-refractivity contribution >= 4 is 22.5 Å². The standard InChI is InChI=1S/C17H17N3.C11H13NO2/c1-20-9-8-12-6-7-13(10-14(12)11-20)17-15-4-2-3-5-16(15)18-19-17;1-14-10-6-4-9(5-7-10)12-11(13)8-2-3-8/h2-7,10H,8-9,11H2,1H3,(H,18,19);4-8H,2-3H2,1H3,(H,12,13). The molecule has 0 atom stereocenters. The summed E-state index contributed by atoms with van der Waals surface area (Å²) in [5.74, 6) is 1.18. The highest BCUT2D eigenvalue weighted by molar-refractivity contribution is 5.94. The highest BCUT2D eigenvalue weighted by Gasteiger charge is 2.29. The predicted octanol–water partition coefficient (Wildman–Crippen LogP) is 5.26. The molecular formula is C28H30N4O2. The normalized spacial score (nSPS) is 15.2. The summed E-state index contributed by atoms with van der Waals surface area (Å²) in [6.07, 6.45) is 3.21. The topological polar surface area (TPSA) is 70.2 Å². The summed E-state index contributed by atoms with van der Waals surface area (Å²) < 4.78 is 5.02. The zero-order valence-corrected chi connectivity index (χ0v) is 19.7. The number of aromatic amines is 1. The van der Waals surface area contributed by atoms with Crippen molar-refractivity contribution in [3.63, 3.8) is 0 Å². The van der Waals surface area contributed by atoms with Crippen molar-refractivity contribution in [2.45, 2.75) is 25.8 Å². The lowest BCUT2D eigenvalue weighted by atomic mass is 9.96. The molecule has 0 unspecified atom stereocenters. The predicted molar refractivity (Wildman–Crippen MR) is 136 cm³/mol. The Bertz CT molecular complexity index is 1290. The number of carbonyl (C=O) groups excluding carboxylic acids is 1. The number of H-pyrrole nitrogens is 1. The minimum absolute atomic E-state index is 0.134. The van der Waals surface area contributed by atoms with Gasteiger partial charge in [0.2, 0.25) is 5.91 Å². The maximum atomic E-state index is 11.4. The molecule has 0 bridgehead atoms. The second-order valence-electron chi connectivity index (χ2n) is 9.08. The lowest BCUT2D eigenvalue weighted by Gasteiger charge is -2.25. The SMILES string of the molecule is CN1CCc2ccc(-c3n[nH]c4ccccc34)cc2C1.COc1ccc(NC(=O)C2CC2)cc1. The van der Waals surface area contributed by atoms with Crippen molar-refractivity contribution in [1.29, 1.82) is 0 Å². The number of ether oxygens (including phenoxy) is 1. The lowest BCUT2D eigenvalue weighted by molar-refractivity contribution is -0.117. The number of anilines is 1. The Morgan fingerprint density at radius 1 is 1.06 bits per heavy atom. The summed E-state index contributed by atoms with van der Waals surface area (Å²) in [5, 5.41) is 11.7. The van der Waals surface area contributed by atoms with Crippen LogP contribution in [0.4, 0.5) is 5.69 Å². The molecule has 1 aromatic heterocycles. The maximum Gasteiger partial charge on any atom is 0.227 e. The molecule has 2 heterocycles. The number of benzene rings is 3. The fourth-order valence-corrected chi connectivity index (χ4v) is 4.29. The molecule has 0 saturated heterocycles. The number of hydrogen-bond acceptors (Lipinski definition) is 4. The van der Waals surface area contributed by atoms with Crippen LogP contribution in [0.25, 0.3) is 22.2 Å². The van der Waals surface area contributed by atoms with Crippen LogP contribution in [-0.4, -0.2) is 41.7 Å². The zero-order valence-electron chi connectivity index (χ0n) is 19.7. The van der Waals surface area contributed by atoms with Crippen LogP contribution < -0.4 is 10.1 Å². The van der Waals surface area contributed by atoms with Gasteiger partial charge in [-0.15, -0.1) is 0 Å². The molecule has 6 rings (SSSR count). The van der Waals surface area contributed by atoms with E-state index in [0.717, 1.165) is 55.0 Å². The summed E-state index contributed by atoms with van der Waals surface area (Å²) in [6.45, 7) is 2.18. The van der Waals surface area contributed by atoms with Crippen LogP contribution in [0.15, 0.2) is 66.7 Å². The van der Waals surface area contributed by atoms with E-state index >= 15 is 0 Å². The average Bonchev–Trinajstić information content (AvgIpc) is 3.64. The van der Waals surface area contributed by atoms with E-state index in [4.69, 9.17) is 4.74 Å². The van der Waals surface area contributed by atoms with Gasteiger partial charge in [-0.2, -0.15) is 5.10 Å². The van der Waals surface area contributed by atoms with E-state index in [1.807, 2.05) is 30.3 Å². The number of aromatic nitrogens is 2. The van der Waals surface area contributed by atoms with E-state index in [2.05, 4.69) is 63.9 Å². The molecule has 0 radical (unpaired) electrons. The number of nitrogens with one attached hydrogen (secondary N) is 2. The number of methoxy groups -OCH3 is 1. The first kappa shape index (κ1) is 22.2. The Morgan fingerprint density at radius 3 is 2.62 bits per heavy atom. The third-order valence-electron chi connectivity index (χ3n) is 6.46. The second-order valence-corrected chi connectivity index (χ2v) is 9.08. The Labute approximate surface area is 199 Å². The number of nitrogens with zero attached hydrogens (tertiary/aromatic N) is 2. The maximum absolute atomic E-state index is 11.4. The molecule has 0 spiro atoms. The van der Waals surface area contributed by atoms with E-state index < -0.39 is 0 Å². The van der Waals surface area contributed by atoms with Gasteiger partial charge in [-0.05, 0) is 73.8 Å². The summed E-state index contributed by atoms with van der Waals surface area (Å²) in [7, 11) is 3.80. The number of likely N-dealkylation sites (N-methyl/N-ethyl adjacent to an activating group) is 1. The molecule has 6 nitrogen and oxygen atoms in total. The summed E-state index contributed by atoms with van der Waals surface area (Å²) >= 11 is 0. The number of hydrogen-bond donors (Lipinski definition) is 2. The molecule has 1 fully saturated rings. The molecule has 4 aromatic rings. The molecule has 1 saturated carbocycles. The molecule has 2 aliphatic rings. The first-order chi connectivity index (χ1) is 16.6. The minimum Gasteiger partial charge on any atom is -0.497 e. The van der Waals surface area contributed by atoms with Crippen molar-refractivity contribution in [3.05, 3.63) is 77.9 Å². The Morgan fingerprint density at radius 2 is 1.85 bits per heavy atom. The van der Waals surface area contributed by atoms with E-state index in [0.29, 0.717) is 0 Å². The van der Waals surface area contributed by atoms with Gasteiger partial charge in [-0.1, -0.05) is 30.3 Å². The molecule has 3 aromatic carbocycles. The molecule has 1 amide bonds. The minimum atomic E-state index is 0.134. The van der Waals surface area contributed by atoms with Gasteiger partial charge in [-0.3, -0.25) is 9.89 Å². The number of fused-ring (bicyclic) bond motifs is 2. The van der Waals surface area contributed by atoms with Crippen molar-refractivity contribution in [1.82, 2.24) is 15.1 Å². The first-order valence-corrected chi connectivity index (χ1v) is 11.8. The third-order valence-corrected chi connectivity index (χ3v) is 6.46. The third kappa shape index (κ3) is 4.97. The highest BCUT2D eigenvalue weighted by Crippen LogP contribution is 2.31. The smallest absolute Gasteiger partial charge is 0.227 e. The van der Waals surface area contributed by atoms with Crippen molar-refractivity contribution in [2.75, 3.05) is 26.0 Å². The molecule has 34 heavy (non-hydrogen) atoms. The van der Waals surface area contributed by atoms with Crippen molar-refractivity contribution in [3.8, 4) is 17.0 Å². The molecule has 1 aliphatic heterocycles. The second kappa shape index (κ2) is 9.69. The molecule has 1 aliphatic carbocycles. The van der Waals surface area contributed by atoms with Gasteiger partial charge in [0, 0.05) is 35.6 Å². The summed E-state index contributed by atoms with van der Waals surface area (Å²) in [4.78, 5) is 13.8. The first-order valence-electron chi connectivity index (χ1n) is 11.8. The zero-order chi connectivity index (χ0) is 23.5. The van der Waals surface area contributed by atoms with Crippen molar-refractivity contribution < 1.29 is 9.53 Å². The van der Waals surface area contributed by atoms with Crippen LogP contribution in [0.5, 0.6) is 5.75 Å². The lowest BCUT2D eigenvalue weighted by Crippen LogP contribution is -2.26. The van der Waals surface area contributed by atoms with Crippen LogP contribution in [0, 0.1) is 5.92 Å². The van der Waals surface area contributed by atoms with Crippen molar-refractivity contribution in [2.24, 2.45) is 5.92 Å². The quantitative estimate of drug-likeness (QED) is 0.441. The van der Waals surface area contributed by atoms with Crippen LogP contribution in [0.2, 0.25) is 0 Å².